The highest BCUT2D eigenvalue weighted by molar-refractivity contribution is 5.51. The zero-order chi connectivity index (χ0) is 87.3. The Kier molecular flexibility index (Phi) is 43.0. The molecule has 6 aromatic rings. The van der Waals surface area contributed by atoms with Crippen molar-refractivity contribution in [3.8, 4) is 0 Å². The molecule has 0 bridgehead atoms. The van der Waals surface area contributed by atoms with E-state index in [1.807, 2.05) is 0 Å². The number of epoxide rings is 12. The van der Waals surface area contributed by atoms with E-state index in [-0.39, 0.29) is 99.3 Å². The lowest BCUT2D eigenvalue weighted by Gasteiger charge is -2.43. The van der Waals surface area contributed by atoms with Crippen LogP contribution < -0.4 is 126 Å². The Hall–Kier alpha value is -3.16. The van der Waals surface area contributed by atoms with Gasteiger partial charge in [0, 0.05) is 0 Å². The smallest absolute Gasteiger partial charge is 0.133 e. The van der Waals surface area contributed by atoms with Crippen LogP contribution in [0.5, 0.6) is 0 Å². The van der Waals surface area contributed by atoms with Crippen LogP contribution in [0.4, 0.5) is 34.1 Å². The molecule has 12 heterocycles. The van der Waals surface area contributed by atoms with Crippen molar-refractivity contribution < 1.29 is 165 Å². The molecule has 0 spiro atoms. The molecule has 20 rings (SSSR count). The van der Waals surface area contributed by atoms with E-state index in [2.05, 4.69) is 230 Å². The van der Waals surface area contributed by atoms with Crippen LogP contribution in [-0.4, -0.2) is 335 Å². The highest BCUT2D eigenvalue weighted by Gasteiger charge is 2.51. The third kappa shape index (κ3) is 33.5. The van der Waals surface area contributed by atoms with E-state index < -0.39 is 0 Å². The predicted octanol–water partition coefficient (Wildman–Crippen LogP) is -9.87. The van der Waals surface area contributed by atoms with Gasteiger partial charge in [-0.1, -0.05) is 72.8 Å². The molecule has 12 aliphatic heterocycles. The lowest BCUT2D eigenvalue weighted by molar-refractivity contribution is -0.917. The van der Waals surface area contributed by atoms with Gasteiger partial charge >= 0.3 is 0 Å². The Balaban J connectivity index is 0.000000199. The summed E-state index contributed by atoms with van der Waals surface area (Å²) in [5.74, 6) is 2.00. The molecule has 28 heteroatoms. The van der Waals surface area contributed by atoms with E-state index in [4.69, 9.17) is 56.8 Å². The van der Waals surface area contributed by atoms with E-state index >= 15 is 0 Å². The highest BCUT2D eigenvalue weighted by Crippen LogP contribution is 2.43. The van der Waals surface area contributed by atoms with Crippen LogP contribution in [-0.2, 0) is 88.9 Å². The molecule has 0 radical (unpaired) electrons. The molecule has 752 valence electrons. The van der Waals surface area contributed by atoms with E-state index in [0.29, 0.717) is 73.2 Å². The van der Waals surface area contributed by atoms with Gasteiger partial charge in [0.15, 0.2) is 0 Å². The fourth-order valence-electron chi connectivity index (χ4n) is 22.2. The quantitative estimate of drug-likeness (QED) is 0.0264. The van der Waals surface area contributed by atoms with Gasteiger partial charge in [-0.15, -0.1) is 0 Å². The van der Waals surface area contributed by atoms with E-state index in [1.165, 1.54) is 147 Å². The Labute approximate surface area is 854 Å². The molecule has 12 unspecified atom stereocenters. The van der Waals surface area contributed by atoms with Gasteiger partial charge in [-0.05, 0) is 236 Å². The largest absolute Gasteiger partial charge is 1.00 e. The van der Waals surface area contributed by atoms with E-state index in [0.717, 1.165) is 254 Å². The summed E-state index contributed by atoms with van der Waals surface area (Å²) in [5, 5.41) is 0. The molecule has 20 nitrogen and oxygen atoms in total. The molecule has 0 aromatic heterocycles. The van der Waals surface area contributed by atoms with Crippen LogP contribution in [0, 0.1) is 11.8 Å². The first-order valence-corrected chi connectivity index (χ1v) is 49.5. The second-order valence-corrected chi connectivity index (χ2v) is 43.2. The Morgan fingerprint density at radius 3 is 0.582 bits per heavy atom. The van der Waals surface area contributed by atoms with Crippen LogP contribution in [0.2, 0.25) is 0 Å². The van der Waals surface area contributed by atoms with Crippen molar-refractivity contribution in [3.05, 3.63) is 179 Å². The minimum atomic E-state index is 0. The summed E-state index contributed by atoms with van der Waals surface area (Å²) in [6, 6.07) is 57.3. The van der Waals surface area contributed by atoms with Crippen molar-refractivity contribution >= 4 is 34.1 Å². The normalized spacial score (nSPS) is 27.5. The zero-order valence-corrected chi connectivity index (χ0v) is 88.3. The molecule has 0 N–H and O–H groups in total. The summed E-state index contributed by atoms with van der Waals surface area (Å²) in [7, 11) is 18.8. The van der Waals surface area contributed by atoms with Crippen molar-refractivity contribution in [2.24, 2.45) is 11.8 Å². The maximum absolute atomic E-state index is 5.68. The molecular weight excluding hydrogens is 1860 g/mol. The monoisotopic (exact) mass is 2020 g/mol. The number of benzene rings is 6. The van der Waals surface area contributed by atoms with Crippen LogP contribution in [0.15, 0.2) is 146 Å². The zero-order valence-electron chi connectivity index (χ0n) is 82.3. The number of rotatable bonds is 46. The van der Waals surface area contributed by atoms with Crippen LogP contribution in [0.25, 0.3) is 0 Å². The Morgan fingerprint density at radius 2 is 0.381 bits per heavy atom. The molecule has 14 fully saturated rings. The molecule has 134 heavy (non-hydrogen) atoms. The average Bonchev–Trinajstić information content (AvgIpc) is 1.63. The fourth-order valence-corrected chi connectivity index (χ4v) is 22.2. The number of nitrogens with zero attached hydrogens (tertiary/aromatic N) is 8. The number of hydrogen-bond acceptors (Lipinski definition) is 12. The van der Waals surface area contributed by atoms with Crippen molar-refractivity contribution in [1.82, 2.24) is 26.9 Å². The lowest BCUT2D eigenvalue weighted by Crippen LogP contribution is -3.00. The summed E-state index contributed by atoms with van der Waals surface area (Å²) in [5.41, 5.74) is 16.6. The van der Waals surface area contributed by atoms with Crippen molar-refractivity contribution in [3.63, 3.8) is 0 Å². The average molecular weight is 2020 g/mol. The summed E-state index contributed by atoms with van der Waals surface area (Å²) in [6.45, 7) is 37.4. The first-order valence-electron chi connectivity index (χ1n) is 49.5. The highest BCUT2D eigenvalue weighted by atomic mass is 35.5. The van der Waals surface area contributed by atoms with Crippen LogP contribution in [0.1, 0.15) is 119 Å². The van der Waals surface area contributed by atoms with Crippen molar-refractivity contribution in [1.29, 1.82) is 0 Å². The van der Waals surface area contributed by atoms with Gasteiger partial charge in [0.05, 0.1) is 174 Å². The first-order chi connectivity index (χ1) is 60.8. The molecule has 2 saturated carbocycles. The summed E-state index contributed by atoms with van der Waals surface area (Å²) in [4.78, 5) is 0. The third-order valence-corrected chi connectivity index (χ3v) is 31.6. The summed E-state index contributed by atoms with van der Waals surface area (Å²) >= 11 is 0. The van der Waals surface area contributed by atoms with E-state index in [1.54, 1.807) is 0 Å². The van der Waals surface area contributed by atoms with Gasteiger partial charge in [0.1, 0.15) is 186 Å². The fraction of sp³-hybridized carbons (Fsp3) is 0.660. The maximum Gasteiger partial charge on any atom is 0.133 e. The molecule has 6 aromatic carbocycles. The van der Waals surface area contributed by atoms with Crippen LogP contribution in [0.3, 0.4) is 0 Å². The van der Waals surface area contributed by atoms with Gasteiger partial charge in [-0.2, -0.15) is 0 Å². The molecule has 12 atom stereocenters. The predicted molar refractivity (Wildman–Crippen MR) is 509 cm³/mol. The maximum atomic E-state index is 5.68. The number of halogens is 8. The number of quaternary nitrogens is 8. The number of aryl methyl sites for hydroxylation is 4. The molecule has 12 saturated heterocycles. The van der Waals surface area contributed by atoms with Gasteiger partial charge in [0.25, 0.3) is 0 Å². The van der Waals surface area contributed by atoms with Gasteiger partial charge in [-0.3, -0.25) is 26.9 Å². The van der Waals surface area contributed by atoms with Crippen LogP contribution >= 0.6 is 0 Å². The third-order valence-electron chi connectivity index (χ3n) is 31.6. The molecule has 2 aliphatic carbocycles. The minimum absolute atomic E-state index is 0. The minimum Gasteiger partial charge on any atom is -1.00 e. The number of hydrogen-bond donors (Lipinski definition) is 0. The SMILES string of the molecule is CC[N+](CC)(CC1CO1)c1ccc(CCc2ccc([N+](CC)(CC)CC3CO3)cc2)cc1.C[N+](C)(CC1CO1)C1CCC(CC2CCC([N+](C)(C)CC3CO3)CC2)CC1.C[N+](C)(CC1CO1)c1ccc(CCc2ccc([N+](C)(C)CC3CO3)cc2)cc1.[Cl-].[Cl-].[Cl-].[Cl-].[Cl-].[Cl-].[Cl-].[Cl-].c1cc([N+](CC2CO2)(CC2CO2)CC2CO2)ccc1Cc1ccc([N+](CC2CO2)(CC2CO2)CC2CO2)cc1. The number of likely N-dealkylation sites (N-methyl/N-ethyl adjacent to an activating group) is 6. The van der Waals surface area contributed by atoms with Gasteiger partial charge < -0.3 is 165 Å². The second-order valence-electron chi connectivity index (χ2n) is 43.2. The van der Waals surface area contributed by atoms with E-state index in [9.17, 15) is 0 Å². The molecule has 0 amide bonds. The lowest BCUT2D eigenvalue weighted by atomic mass is 9.75. The number of ether oxygens (including phenoxy) is 12. The summed E-state index contributed by atoms with van der Waals surface area (Å²) in [6.07, 6.45) is 23.4. The molecule has 14 aliphatic rings. The topological polar surface area (TPSA) is 150 Å². The molecular formula is C106H160Cl8N8O12. The Morgan fingerprint density at radius 1 is 0.209 bits per heavy atom. The first kappa shape index (κ1) is 114. The van der Waals surface area contributed by atoms with Gasteiger partial charge in [0.2, 0.25) is 0 Å². The second kappa shape index (κ2) is 50.4. The van der Waals surface area contributed by atoms with Crippen molar-refractivity contribution in [2.45, 2.75) is 203 Å². The van der Waals surface area contributed by atoms with Crippen molar-refractivity contribution in [2.75, 3.05) is 240 Å². The standard InChI is InChI=1S/C31H40N2O6.C28H42N2O2.C24H34N2O2.C23H44N2O2.8ClH/c1-5-24(32(10-26-16-34-26,11-27-17-35-27)12-28-18-36-28)6-2-22(1)9-23-3-7-25(8-4-23)33(13-29-19-37-29,14-30-20-38-30)15-31-21-39-31;1-5-29(6-2,19-27-21-31-27)25-15-11-23(12-16-25)9-10-24-13-17-26(18-14-24)30(7-3,8-4)20-28-22-32-28;1-25(2,15-23-17-27-23)21-11-7-19(8-12-21)5-6-20-9-13-22(14-10-20)26(3,4)16-24-18-28-24;1-24(2,14-22-16-26-22)20-9-5-18(6-10-20)13-19-7-11-21(12-8-19)25(3,4)15-23-17-27-23;;;;;;;;/h1-8,26-31H,9-21H2;11-18,27-28H,5-10,19-22H2,1-4H3;7-14,23-24H,5-6,15-18H2,1-4H3;18-23H,5-17H2,1-4H3;8*1H/q4*+2;;;;;;;;/p-8. The Bertz CT molecular complexity index is 4060. The summed E-state index contributed by atoms with van der Waals surface area (Å²) < 4.78 is 74.9. The van der Waals surface area contributed by atoms with Gasteiger partial charge in [-0.25, -0.2) is 0 Å².